The lowest BCUT2D eigenvalue weighted by atomic mass is 10.2. The lowest BCUT2D eigenvalue weighted by Crippen LogP contribution is -2.41. The third kappa shape index (κ3) is 6.45. The number of nitrogens with one attached hydrogen (secondary N) is 1. The van der Waals surface area contributed by atoms with Gasteiger partial charge in [-0.3, -0.25) is 9.10 Å². The van der Waals surface area contributed by atoms with Gasteiger partial charge < -0.3 is 14.8 Å². The summed E-state index contributed by atoms with van der Waals surface area (Å²) in [5.41, 5.74) is 1.22. The van der Waals surface area contributed by atoms with E-state index in [1.807, 2.05) is 31.2 Å². The molecular formula is C24H25FN2O5S. The summed E-state index contributed by atoms with van der Waals surface area (Å²) in [7, 11) is -2.63. The predicted molar refractivity (Wildman–Crippen MR) is 124 cm³/mol. The number of methoxy groups -OCH3 is 1. The number of hydrogen-bond acceptors (Lipinski definition) is 5. The maximum absolute atomic E-state index is 13.4. The number of carbonyl (C=O) groups is 1. The second kappa shape index (κ2) is 10.8. The highest BCUT2D eigenvalue weighted by Crippen LogP contribution is 2.25. The highest BCUT2D eigenvalue weighted by atomic mass is 32.2. The number of amides is 1. The van der Waals surface area contributed by atoms with Crippen LogP contribution in [0.3, 0.4) is 0 Å². The largest absolute Gasteiger partial charge is 0.497 e. The summed E-state index contributed by atoms with van der Waals surface area (Å²) in [5.74, 6) is 0.135. The molecule has 1 N–H and O–H groups in total. The summed E-state index contributed by atoms with van der Waals surface area (Å²) in [6.45, 7) is 1.87. The molecule has 33 heavy (non-hydrogen) atoms. The fourth-order valence-corrected chi connectivity index (χ4v) is 4.47. The minimum absolute atomic E-state index is 0.0248. The number of hydrogen-bond donors (Lipinski definition) is 1. The Morgan fingerprint density at radius 2 is 1.70 bits per heavy atom. The molecule has 0 heterocycles. The van der Waals surface area contributed by atoms with Gasteiger partial charge in [-0.05, 0) is 73.2 Å². The van der Waals surface area contributed by atoms with Gasteiger partial charge in [0.2, 0.25) is 5.91 Å². The number of ether oxygens (including phenoxy) is 2. The molecule has 7 nitrogen and oxygen atoms in total. The standard InChI is InChI=1S/C24H25FN2O5S/c1-18-4-3-5-22(16-18)32-15-14-26-24(28)17-27(20-8-6-19(25)7-9-20)33(29,30)23-12-10-21(31-2)11-13-23/h3-13,16H,14-15,17H2,1-2H3,(H,26,28). The first kappa shape index (κ1) is 24.1. The van der Waals surface area contributed by atoms with E-state index < -0.39 is 28.3 Å². The van der Waals surface area contributed by atoms with Gasteiger partial charge in [0.25, 0.3) is 10.0 Å². The van der Waals surface area contributed by atoms with E-state index in [1.165, 1.54) is 43.5 Å². The Balaban J connectivity index is 1.71. The summed E-state index contributed by atoms with van der Waals surface area (Å²) in [6.07, 6.45) is 0. The van der Waals surface area contributed by atoms with Crippen molar-refractivity contribution in [3.63, 3.8) is 0 Å². The third-order valence-corrected chi connectivity index (χ3v) is 6.52. The summed E-state index contributed by atoms with van der Waals surface area (Å²) in [4.78, 5) is 12.5. The van der Waals surface area contributed by atoms with Crippen molar-refractivity contribution in [1.29, 1.82) is 0 Å². The first-order chi connectivity index (χ1) is 15.8. The van der Waals surface area contributed by atoms with Crippen molar-refractivity contribution in [3.8, 4) is 11.5 Å². The Morgan fingerprint density at radius 3 is 2.33 bits per heavy atom. The highest BCUT2D eigenvalue weighted by molar-refractivity contribution is 7.92. The number of rotatable bonds is 10. The Labute approximate surface area is 192 Å². The molecule has 0 aliphatic heterocycles. The van der Waals surface area contributed by atoms with Crippen molar-refractivity contribution in [2.75, 3.05) is 31.1 Å². The lowest BCUT2D eigenvalue weighted by molar-refractivity contribution is -0.119. The van der Waals surface area contributed by atoms with E-state index in [-0.39, 0.29) is 23.7 Å². The van der Waals surface area contributed by atoms with Gasteiger partial charge in [0.05, 0.1) is 24.2 Å². The molecular weight excluding hydrogens is 447 g/mol. The van der Waals surface area contributed by atoms with Crippen LogP contribution in [0.2, 0.25) is 0 Å². The van der Waals surface area contributed by atoms with E-state index in [0.717, 1.165) is 22.0 Å². The molecule has 3 aromatic rings. The molecule has 9 heteroatoms. The van der Waals surface area contributed by atoms with Crippen molar-refractivity contribution < 1.29 is 27.1 Å². The molecule has 0 atom stereocenters. The van der Waals surface area contributed by atoms with E-state index >= 15 is 0 Å². The molecule has 0 fully saturated rings. The Bertz CT molecular complexity index is 1180. The predicted octanol–water partition coefficient (Wildman–Crippen LogP) is 3.53. The zero-order chi connectivity index (χ0) is 23.8. The molecule has 0 saturated heterocycles. The molecule has 0 aliphatic carbocycles. The number of carbonyl (C=O) groups excluding carboxylic acids is 1. The third-order valence-electron chi connectivity index (χ3n) is 4.73. The molecule has 0 radical (unpaired) electrons. The number of anilines is 1. The minimum atomic E-state index is -4.10. The maximum atomic E-state index is 13.4. The van der Waals surface area contributed by atoms with Gasteiger partial charge in [-0.25, -0.2) is 12.8 Å². The molecule has 3 rings (SSSR count). The molecule has 0 bridgehead atoms. The molecule has 0 unspecified atom stereocenters. The molecule has 0 aliphatic rings. The molecule has 1 amide bonds. The average Bonchev–Trinajstić information content (AvgIpc) is 2.81. The van der Waals surface area contributed by atoms with Gasteiger partial charge in [0.1, 0.15) is 30.5 Å². The van der Waals surface area contributed by atoms with Crippen LogP contribution < -0.4 is 19.1 Å². The molecule has 174 valence electrons. The minimum Gasteiger partial charge on any atom is -0.497 e. The van der Waals surface area contributed by atoms with E-state index in [0.29, 0.717) is 11.5 Å². The molecule has 3 aromatic carbocycles. The van der Waals surface area contributed by atoms with Gasteiger partial charge in [-0.15, -0.1) is 0 Å². The van der Waals surface area contributed by atoms with Gasteiger partial charge in [0, 0.05) is 0 Å². The average molecular weight is 473 g/mol. The normalized spacial score (nSPS) is 11.0. The lowest BCUT2D eigenvalue weighted by Gasteiger charge is -2.24. The summed E-state index contributed by atoms with van der Waals surface area (Å²) >= 11 is 0. The van der Waals surface area contributed by atoms with Crippen molar-refractivity contribution in [2.24, 2.45) is 0 Å². The Kier molecular flexibility index (Phi) is 7.89. The first-order valence-electron chi connectivity index (χ1n) is 10.2. The van der Waals surface area contributed by atoms with Gasteiger partial charge in [-0.2, -0.15) is 0 Å². The molecule has 0 aromatic heterocycles. The SMILES string of the molecule is COc1ccc(S(=O)(=O)N(CC(=O)NCCOc2cccc(C)c2)c2ccc(F)cc2)cc1. The van der Waals surface area contributed by atoms with Crippen LogP contribution in [-0.2, 0) is 14.8 Å². The van der Waals surface area contributed by atoms with E-state index in [2.05, 4.69) is 5.32 Å². The van der Waals surface area contributed by atoms with Crippen LogP contribution in [0.4, 0.5) is 10.1 Å². The number of sulfonamides is 1. The topological polar surface area (TPSA) is 84.9 Å². The van der Waals surface area contributed by atoms with E-state index in [9.17, 15) is 17.6 Å². The van der Waals surface area contributed by atoms with Crippen LogP contribution in [-0.4, -0.2) is 41.1 Å². The number of benzene rings is 3. The van der Waals surface area contributed by atoms with E-state index in [4.69, 9.17) is 9.47 Å². The second-order valence-electron chi connectivity index (χ2n) is 7.18. The Morgan fingerprint density at radius 1 is 1.00 bits per heavy atom. The quantitative estimate of drug-likeness (QED) is 0.457. The smallest absolute Gasteiger partial charge is 0.264 e. The second-order valence-corrected chi connectivity index (χ2v) is 9.04. The zero-order valence-corrected chi connectivity index (χ0v) is 19.1. The van der Waals surface area contributed by atoms with Gasteiger partial charge in [-0.1, -0.05) is 12.1 Å². The monoisotopic (exact) mass is 472 g/mol. The van der Waals surface area contributed by atoms with Crippen molar-refractivity contribution in [1.82, 2.24) is 5.32 Å². The summed E-state index contributed by atoms with van der Waals surface area (Å²) < 4.78 is 51.6. The Hall–Kier alpha value is -3.59. The van der Waals surface area contributed by atoms with Gasteiger partial charge >= 0.3 is 0 Å². The van der Waals surface area contributed by atoms with Crippen molar-refractivity contribution in [2.45, 2.75) is 11.8 Å². The highest BCUT2D eigenvalue weighted by Gasteiger charge is 2.27. The summed E-state index contributed by atoms with van der Waals surface area (Å²) in [6, 6.07) is 18.2. The summed E-state index contributed by atoms with van der Waals surface area (Å²) in [5, 5.41) is 2.66. The van der Waals surface area contributed by atoms with Crippen LogP contribution in [0.15, 0.2) is 77.7 Å². The zero-order valence-electron chi connectivity index (χ0n) is 18.3. The molecule has 0 spiro atoms. The first-order valence-corrected chi connectivity index (χ1v) is 11.6. The van der Waals surface area contributed by atoms with Crippen LogP contribution >= 0.6 is 0 Å². The number of aryl methyl sites for hydroxylation is 1. The van der Waals surface area contributed by atoms with Crippen molar-refractivity contribution in [3.05, 3.63) is 84.2 Å². The fraction of sp³-hybridized carbons (Fsp3) is 0.208. The van der Waals surface area contributed by atoms with E-state index in [1.54, 1.807) is 0 Å². The maximum Gasteiger partial charge on any atom is 0.264 e. The van der Waals surface area contributed by atoms with Crippen molar-refractivity contribution >= 4 is 21.6 Å². The van der Waals surface area contributed by atoms with Crippen LogP contribution in [0.1, 0.15) is 5.56 Å². The number of nitrogens with zero attached hydrogens (tertiary/aromatic N) is 1. The van der Waals surface area contributed by atoms with Gasteiger partial charge in [0.15, 0.2) is 0 Å². The van der Waals surface area contributed by atoms with Crippen LogP contribution in [0.5, 0.6) is 11.5 Å². The van der Waals surface area contributed by atoms with Crippen LogP contribution in [0, 0.1) is 12.7 Å². The van der Waals surface area contributed by atoms with Crippen LogP contribution in [0.25, 0.3) is 0 Å². The molecule has 0 saturated carbocycles. The number of halogens is 1. The fourth-order valence-electron chi connectivity index (χ4n) is 3.05.